The first-order chi connectivity index (χ1) is 17.6. The Labute approximate surface area is 214 Å². The van der Waals surface area contributed by atoms with Gasteiger partial charge in [0.15, 0.2) is 19.7 Å². The minimum atomic E-state index is -3.88. The molecule has 0 aliphatic heterocycles. The maximum Gasteiger partial charge on any atom is 0.227 e. The Morgan fingerprint density at radius 2 is 1.51 bits per heavy atom. The molecule has 1 atom stereocenters. The molecule has 3 aromatic heterocycles. The molecule has 0 fully saturated rings. The van der Waals surface area contributed by atoms with E-state index in [4.69, 9.17) is 0 Å². The zero-order valence-electron chi connectivity index (χ0n) is 20.0. The number of aromatic nitrogens is 4. The normalized spacial score (nSPS) is 12.9. The predicted octanol–water partition coefficient (Wildman–Crippen LogP) is 4.37. The van der Waals surface area contributed by atoms with Crippen LogP contribution in [0.15, 0.2) is 95.2 Å². The first-order valence-corrected chi connectivity index (χ1v) is 14.7. The van der Waals surface area contributed by atoms with Crippen LogP contribution in [0.5, 0.6) is 0 Å². The monoisotopic (exact) mass is 533 g/mol. The SMILES string of the molecule is Cc1cnc2[nH]cc(C(c3cnc(Nc4ccc(S(C)(=O)=O)cc4)nc3)S(=O)(=O)c3ccccc3)c2c1. The standard InChI is InChI=1S/C26H23N5O4S2/c1-17-12-22-23(16-28-25(22)27-13-17)24(37(34,35)21-6-4-3-5-7-21)18-14-29-26(30-15-18)31-19-8-10-20(11-9-19)36(2,32)33/h3-16,24H,1-2H3,(H,27,28)(H,29,30,31). The number of nitrogens with zero attached hydrogens (tertiary/aromatic N) is 3. The summed E-state index contributed by atoms with van der Waals surface area (Å²) in [6, 6.07) is 16.4. The fraction of sp³-hybridized carbons (Fsp3) is 0.115. The summed E-state index contributed by atoms with van der Waals surface area (Å²) in [6.07, 6.45) is 7.48. The molecule has 188 valence electrons. The Morgan fingerprint density at radius 3 is 2.16 bits per heavy atom. The van der Waals surface area contributed by atoms with Gasteiger partial charge in [-0.05, 0) is 55.0 Å². The van der Waals surface area contributed by atoms with Crippen molar-refractivity contribution in [3.8, 4) is 0 Å². The number of hydrogen-bond donors (Lipinski definition) is 2. The highest BCUT2D eigenvalue weighted by molar-refractivity contribution is 7.92. The zero-order chi connectivity index (χ0) is 26.2. The van der Waals surface area contributed by atoms with Crippen LogP contribution >= 0.6 is 0 Å². The average molecular weight is 534 g/mol. The molecule has 0 spiro atoms. The fourth-order valence-electron chi connectivity index (χ4n) is 4.07. The van der Waals surface area contributed by atoms with E-state index in [1.54, 1.807) is 54.9 Å². The van der Waals surface area contributed by atoms with Crippen molar-refractivity contribution < 1.29 is 16.8 Å². The van der Waals surface area contributed by atoms with Crippen molar-refractivity contribution in [2.75, 3.05) is 11.6 Å². The van der Waals surface area contributed by atoms with Crippen LogP contribution in [0.3, 0.4) is 0 Å². The Kier molecular flexibility index (Phi) is 6.26. The third-order valence-corrected chi connectivity index (χ3v) is 9.08. The molecule has 1 unspecified atom stereocenters. The van der Waals surface area contributed by atoms with E-state index in [-0.39, 0.29) is 15.7 Å². The number of rotatable bonds is 7. The van der Waals surface area contributed by atoms with Gasteiger partial charge in [0.25, 0.3) is 0 Å². The number of aryl methyl sites for hydroxylation is 1. The Balaban J connectivity index is 1.54. The Hall–Kier alpha value is -4.09. The molecule has 5 aromatic rings. The minimum Gasteiger partial charge on any atom is -0.346 e. The average Bonchev–Trinajstić information content (AvgIpc) is 3.28. The highest BCUT2D eigenvalue weighted by Gasteiger charge is 2.33. The van der Waals surface area contributed by atoms with Gasteiger partial charge in [0.2, 0.25) is 5.95 Å². The highest BCUT2D eigenvalue weighted by atomic mass is 32.2. The van der Waals surface area contributed by atoms with Crippen LogP contribution in [-0.4, -0.2) is 43.0 Å². The van der Waals surface area contributed by atoms with Crippen LogP contribution in [0, 0.1) is 6.92 Å². The van der Waals surface area contributed by atoms with Crippen molar-refractivity contribution in [2.45, 2.75) is 22.0 Å². The van der Waals surface area contributed by atoms with Gasteiger partial charge in [-0.1, -0.05) is 18.2 Å². The van der Waals surface area contributed by atoms with E-state index in [9.17, 15) is 16.8 Å². The van der Waals surface area contributed by atoms with E-state index >= 15 is 0 Å². The number of benzene rings is 2. The molecule has 0 saturated carbocycles. The van der Waals surface area contributed by atoms with Crippen molar-refractivity contribution in [2.24, 2.45) is 0 Å². The van der Waals surface area contributed by atoms with E-state index in [1.807, 2.05) is 13.0 Å². The van der Waals surface area contributed by atoms with Crippen molar-refractivity contribution in [3.05, 3.63) is 102 Å². The van der Waals surface area contributed by atoms with Crippen LogP contribution < -0.4 is 5.32 Å². The minimum absolute atomic E-state index is 0.183. The molecule has 3 heterocycles. The fourth-order valence-corrected chi connectivity index (χ4v) is 6.52. The Bertz CT molecular complexity index is 1780. The lowest BCUT2D eigenvalue weighted by molar-refractivity contribution is 0.589. The van der Waals surface area contributed by atoms with Crippen molar-refractivity contribution in [1.29, 1.82) is 0 Å². The number of pyridine rings is 1. The zero-order valence-corrected chi connectivity index (χ0v) is 21.6. The third-order valence-electron chi connectivity index (χ3n) is 5.88. The van der Waals surface area contributed by atoms with E-state index < -0.39 is 24.9 Å². The number of aromatic amines is 1. The Morgan fingerprint density at radius 1 is 0.838 bits per heavy atom. The van der Waals surface area contributed by atoms with Gasteiger partial charge in [-0.2, -0.15) is 0 Å². The molecule has 0 saturated heterocycles. The van der Waals surface area contributed by atoms with Gasteiger partial charge < -0.3 is 10.3 Å². The summed E-state index contributed by atoms with van der Waals surface area (Å²) < 4.78 is 51.2. The molecule has 11 heteroatoms. The lowest BCUT2D eigenvalue weighted by atomic mass is 10.1. The molecule has 0 aliphatic carbocycles. The molecule has 37 heavy (non-hydrogen) atoms. The number of H-pyrrole nitrogens is 1. The summed E-state index contributed by atoms with van der Waals surface area (Å²) in [5.74, 6) is 0.239. The summed E-state index contributed by atoms with van der Waals surface area (Å²) >= 11 is 0. The van der Waals surface area contributed by atoms with Gasteiger partial charge >= 0.3 is 0 Å². The largest absolute Gasteiger partial charge is 0.346 e. The van der Waals surface area contributed by atoms with E-state index in [2.05, 4.69) is 25.3 Å². The molecule has 0 radical (unpaired) electrons. The second-order valence-electron chi connectivity index (χ2n) is 8.65. The first-order valence-electron chi connectivity index (χ1n) is 11.2. The third kappa shape index (κ3) is 4.95. The molecule has 0 bridgehead atoms. The maximum atomic E-state index is 13.9. The topological polar surface area (TPSA) is 135 Å². The quantitative estimate of drug-likeness (QED) is 0.315. The molecule has 2 aromatic carbocycles. The van der Waals surface area contributed by atoms with Crippen LogP contribution in [0.4, 0.5) is 11.6 Å². The van der Waals surface area contributed by atoms with Gasteiger partial charge in [0.05, 0.1) is 9.79 Å². The number of nitrogens with one attached hydrogen (secondary N) is 2. The van der Waals surface area contributed by atoms with Crippen molar-refractivity contribution in [1.82, 2.24) is 19.9 Å². The summed E-state index contributed by atoms with van der Waals surface area (Å²) in [5.41, 5.74) is 3.03. The van der Waals surface area contributed by atoms with Crippen molar-refractivity contribution >= 4 is 42.3 Å². The first kappa shape index (κ1) is 24.6. The molecule has 5 rings (SSSR count). The second kappa shape index (κ2) is 9.41. The van der Waals surface area contributed by atoms with Gasteiger partial charge in [0.1, 0.15) is 10.9 Å². The number of fused-ring (bicyclic) bond motifs is 1. The number of sulfone groups is 2. The summed E-state index contributed by atoms with van der Waals surface area (Å²) in [4.78, 5) is 16.5. The van der Waals surface area contributed by atoms with Gasteiger partial charge in [0, 0.05) is 53.2 Å². The molecule has 9 nitrogen and oxygen atoms in total. The molecular formula is C26H23N5O4S2. The van der Waals surface area contributed by atoms with E-state index in [0.29, 0.717) is 27.8 Å². The summed E-state index contributed by atoms with van der Waals surface area (Å²) in [7, 11) is -7.18. The van der Waals surface area contributed by atoms with Crippen LogP contribution in [0.25, 0.3) is 11.0 Å². The van der Waals surface area contributed by atoms with Gasteiger partial charge in [-0.15, -0.1) is 0 Å². The van der Waals surface area contributed by atoms with Gasteiger partial charge in [-0.25, -0.2) is 31.8 Å². The molecule has 2 N–H and O–H groups in total. The van der Waals surface area contributed by atoms with Crippen LogP contribution in [-0.2, 0) is 19.7 Å². The maximum absolute atomic E-state index is 13.9. The lowest BCUT2D eigenvalue weighted by Gasteiger charge is -2.18. The smallest absolute Gasteiger partial charge is 0.227 e. The van der Waals surface area contributed by atoms with E-state index in [0.717, 1.165) is 11.8 Å². The van der Waals surface area contributed by atoms with Gasteiger partial charge in [-0.3, -0.25) is 0 Å². The van der Waals surface area contributed by atoms with Crippen molar-refractivity contribution in [3.63, 3.8) is 0 Å². The number of hydrogen-bond acceptors (Lipinski definition) is 8. The molecule has 0 aliphatic rings. The predicted molar refractivity (Wildman–Crippen MR) is 141 cm³/mol. The number of anilines is 2. The van der Waals surface area contributed by atoms with E-state index in [1.165, 1.54) is 24.5 Å². The molecule has 0 amide bonds. The highest BCUT2D eigenvalue weighted by Crippen LogP contribution is 2.38. The van der Waals surface area contributed by atoms with Crippen LogP contribution in [0.2, 0.25) is 0 Å². The van der Waals surface area contributed by atoms with Crippen LogP contribution in [0.1, 0.15) is 21.9 Å². The summed E-state index contributed by atoms with van der Waals surface area (Å²) in [5, 5.41) is 2.64. The molecular weight excluding hydrogens is 510 g/mol. The summed E-state index contributed by atoms with van der Waals surface area (Å²) in [6.45, 7) is 1.90. The lowest BCUT2D eigenvalue weighted by Crippen LogP contribution is -2.16. The second-order valence-corrected chi connectivity index (χ2v) is 12.7.